The van der Waals surface area contributed by atoms with E-state index in [9.17, 15) is 8.42 Å². The normalized spacial score (nSPS) is 19.4. The average molecular weight is 372 g/mol. The fourth-order valence-electron chi connectivity index (χ4n) is 3.36. The van der Waals surface area contributed by atoms with Crippen LogP contribution in [0.4, 0.5) is 17.1 Å². The Balaban J connectivity index is 1.56. The number of rotatable bonds is 7. The minimum atomic E-state index is -3.61. The minimum Gasteiger partial charge on any atom is -0.314 e. The maximum absolute atomic E-state index is 13.3. The highest BCUT2D eigenvalue weighted by Crippen LogP contribution is 2.45. The maximum Gasteiger partial charge on any atom is 0.330 e. The molecule has 1 N–H and O–H groups in total. The topological polar surface area (TPSA) is 52.7 Å². The zero-order valence-corrected chi connectivity index (χ0v) is 15.8. The molecule has 138 valence electrons. The van der Waals surface area contributed by atoms with Crippen LogP contribution in [0.25, 0.3) is 0 Å². The van der Waals surface area contributed by atoms with Crippen LogP contribution in [-0.2, 0) is 10.2 Å². The van der Waals surface area contributed by atoms with Crippen molar-refractivity contribution in [1.29, 1.82) is 0 Å². The van der Waals surface area contributed by atoms with Crippen molar-refractivity contribution >= 4 is 27.3 Å². The molecule has 2 aliphatic rings. The molecular formula is C20H25N3O2S. The first kappa shape index (κ1) is 17.4. The second-order valence-corrected chi connectivity index (χ2v) is 8.95. The van der Waals surface area contributed by atoms with Crippen LogP contribution in [0.2, 0.25) is 0 Å². The Morgan fingerprint density at radius 2 is 1.69 bits per heavy atom. The molecule has 5 nitrogen and oxygen atoms in total. The average Bonchev–Trinajstić information content (AvgIpc) is 3.43. The van der Waals surface area contributed by atoms with E-state index in [0.717, 1.165) is 24.3 Å². The van der Waals surface area contributed by atoms with Gasteiger partial charge in [-0.2, -0.15) is 8.42 Å². The zero-order valence-electron chi connectivity index (χ0n) is 15.0. The van der Waals surface area contributed by atoms with Crippen molar-refractivity contribution in [3.05, 3.63) is 54.6 Å². The number of anilines is 3. The summed E-state index contributed by atoms with van der Waals surface area (Å²) in [7, 11) is -3.61. The number of para-hydroxylation sites is 3. The van der Waals surface area contributed by atoms with E-state index in [1.807, 2.05) is 54.6 Å². The van der Waals surface area contributed by atoms with Gasteiger partial charge < -0.3 is 5.32 Å². The third kappa shape index (κ3) is 3.31. The largest absolute Gasteiger partial charge is 0.330 e. The first-order valence-corrected chi connectivity index (χ1v) is 10.7. The van der Waals surface area contributed by atoms with Gasteiger partial charge in [-0.05, 0) is 56.0 Å². The van der Waals surface area contributed by atoms with Crippen molar-refractivity contribution in [2.45, 2.75) is 32.2 Å². The molecule has 0 amide bonds. The molecule has 0 aromatic heterocycles. The van der Waals surface area contributed by atoms with Crippen LogP contribution in [0.3, 0.4) is 0 Å². The number of hydrogen-bond donors (Lipinski definition) is 1. The predicted molar refractivity (Wildman–Crippen MR) is 106 cm³/mol. The fraction of sp³-hybridized carbons (Fsp3) is 0.400. The fourth-order valence-corrected chi connectivity index (χ4v) is 5.09. The molecular weight excluding hydrogens is 346 g/mol. The van der Waals surface area contributed by atoms with Crippen molar-refractivity contribution in [2.24, 2.45) is 5.92 Å². The monoisotopic (exact) mass is 371 g/mol. The lowest BCUT2D eigenvalue weighted by Gasteiger charge is -2.23. The molecule has 2 aromatic rings. The molecule has 26 heavy (non-hydrogen) atoms. The Hall–Kier alpha value is -2.05. The SMILES string of the molecule is C[C@@H](CCN1c2ccccc2N(c2ccccc2)S1(=O)=O)CNC1CC1. The van der Waals surface area contributed by atoms with E-state index in [4.69, 9.17) is 0 Å². The Morgan fingerprint density at radius 3 is 2.38 bits per heavy atom. The third-order valence-electron chi connectivity index (χ3n) is 5.03. The van der Waals surface area contributed by atoms with Gasteiger partial charge in [-0.25, -0.2) is 4.31 Å². The van der Waals surface area contributed by atoms with Gasteiger partial charge in [-0.3, -0.25) is 4.31 Å². The number of fused-ring (bicyclic) bond motifs is 1. The second-order valence-electron chi connectivity index (χ2n) is 7.24. The van der Waals surface area contributed by atoms with Crippen molar-refractivity contribution < 1.29 is 8.42 Å². The molecule has 2 aromatic carbocycles. The smallest absolute Gasteiger partial charge is 0.314 e. The predicted octanol–water partition coefficient (Wildman–Crippen LogP) is 3.67. The van der Waals surface area contributed by atoms with Gasteiger partial charge in [-0.15, -0.1) is 0 Å². The van der Waals surface area contributed by atoms with E-state index in [-0.39, 0.29) is 0 Å². The van der Waals surface area contributed by atoms with E-state index in [1.165, 1.54) is 17.1 Å². The van der Waals surface area contributed by atoms with Crippen LogP contribution in [0.1, 0.15) is 26.2 Å². The summed E-state index contributed by atoms with van der Waals surface area (Å²) >= 11 is 0. The third-order valence-corrected chi connectivity index (χ3v) is 6.83. The summed E-state index contributed by atoms with van der Waals surface area (Å²) in [4.78, 5) is 0. The summed E-state index contributed by atoms with van der Waals surface area (Å²) in [6.45, 7) is 3.62. The van der Waals surface area contributed by atoms with Crippen molar-refractivity contribution in [3.63, 3.8) is 0 Å². The first-order valence-electron chi connectivity index (χ1n) is 9.28. The van der Waals surface area contributed by atoms with Crippen LogP contribution < -0.4 is 13.9 Å². The molecule has 1 aliphatic heterocycles. The first-order chi connectivity index (χ1) is 12.6. The van der Waals surface area contributed by atoms with Gasteiger partial charge >= 0.3 is 10.2 Å². The zero-order chi connectivity index (χ0) is 18.1. The Morgan fingerprint density at radius 1 is 1.04 bits per heavy atom. The summed E-state index contributed by atoms with van der Waals surface area (Å²) in [5, 5.41) is 3.53. The molecule has 0 radical (unpaired) electrons. The Labute approximate surface area is 155 Å². The molecule has 1 atom stereocenters. The summed E-state index contributed by atoms with van der Waals surface area (Å²) in [5.41, 5.74) is 2.16. The lowest BCUT2D eigenvalue weighted by Crippen LogP contribution is -2.37. The number of nitrogens with zero attached hydrogens (tertiary/aromatic N) is 2. The van der Waals surface area contributed by atoms with E-state index in [2.05, 4.69) is 12.2 Å². The van der Waals surface area contributed by atoms with Crippen LogP contribution in [0.15, 0.2) is 54.6 Å². The van der Waals surface area contributed by atoms with Crippen LogP contribution in [0.5, 0.6) is 0 Å². The molecule has 0 saturated heterocycles. The highest BCUT2D eigenvalue weighted by molar-refractivity contribution is 7.95. The van der Waals surface area contributed by atoms with Gasteiger partial charge in [0, 0.05) is 12.6 Å². The van der Waals surface area contributed by atoms with E-state index in [1.54, 1.807) is 4.31 Å². The van der Waals surface area contributed by atoms with Crippen molar-refractivity contribution in [1.82, 2.24) is 5.32 Å². The maximum atomic E-state index is 13.3. The molecule has 0 unspecified atom stereocenters. The van der Waals surface area contributed by atoms with Crippen LogP contribution in [0, 0.1) is 5.92 Å². The minimum absolute atomic E-state index is 0.434. The van der Waals surface area contributed by atoms with Crippen molar-refractivity contribution in [2.75, 3.05) is 21.7 Å². The molecule has 1 aliphatic carbocycles. The van der Waals surface area contributed by atoms with Gasteiger partial charge in [0.1, 0.15) is 0 Å². The lowest BCUT2D eigenvalue weighted by atomic mass is 10.1. The second kappa shape index (κ2) is 6.93. The Bertz CT molecular complexity index is 866. The number of nitrogens with one attached hydrogen (secondary N) is 1. The molecule has 1 fully saturated rings. The van der Waals surface area contributed by atoms with Gasteiger partial charge in [0.05, 0.1) is 17.1 Å². The van der Waals surface area contributed by atoms with Crippen LogP contribution in [-0.4, -0.2) is 27.5 Å². The molecule has 1 saturated carbocycles. The number of benzene rings is 2. The highest BCUT2D eigenvalue weighted by atomic mass is 32.2. The lowest BCUT2D eigenvalue weighted by molar-refractivity contribution is 0.484. The quantitative estimate of drug-likeness (QED) is 0.808. The molecule has 1 heterocycles. The van der Waals surface area contributed by atoms with Gasteiger partial charge in [0.2, 0.25) is 0 Å². The molecule has 4 rings (SSSR count). The van der Waals surface area contributed by atoms with Gasteiger partial charge in [0.15, 0.2) is 0 Å². The molecule has 6 heteroatoms. The van der Waals surface area contributed by atoms with Crippen LogP contribution >= 0.6 is 0 Å². The molecule has 0 spiro atoms. The summed E-state index contributed by atoms with van der Waals surface area (Å²) in [5.74, 6) is 0.434. The Kier molecular flexibility index (Phi) is 4.63. The van der Waals surface area contributed by atoms with E-state index < -0.39 is 10.2 Å². The standard InChI is InChI=1S/C20H25N3O2S/c1-16(15-21-17-11-12-17)13-14-22-19-9-5-6-10-20(19)23(26(22,24)25)18-7-3-2-4-8-18/h2-10,16-17,21H,11-15H2,1H3/t16-/m0/s1. The molecule has 0 bridgehead atoms. The van der Waals surface area contributed by atoms with E-state index >= 15 is 0 Å². The summed E-state index contributed by atoms with van der Waals surface area (Å²) < 4.78 is 29.6. The van der Waals surface area contributed by atoms with Crippen molar-refractivity contribution in [3.8, 4) is 0 Å². The highest BCUT2D eigenvalue weighted by Gasteiger charge is 2.40. The summed E-state index contributed by atoms with van der Waals surface area (Å²) in [6, 6.07) is 17.5. The number of hydrogen-bond acceptors (Lipinski definition) is 3. The van der Waals surface area contributed by atoms with E-state index in [0.29, 0.717) is 24.2 Å². The van der Waals surface area contributed by atoms with Gasteiger partial charge in [0.25, 0.3) is 0 Å². The van der Waals surface area contributed by atoms with Gasteiger partial charge in [-0.1, -0.05) is 37.3 Å². The summed E-state index contributed by atoms with van der Waals surface area (Å²) in [6.07, 6.45) is 3.37.